The van der Waals surface area contributed by atoms with E-state index in [2.05, 4.69) is 5.32 Å². The van der Waals surface area contributed by atoms with E-state index in [1.54, 1.807) is 0 Å². The zero-order valence-electron chi connectivity index (χ0n) is 11.6. The SMILES string of the molecule is O=C(Nc1ccccc1)C12C[C@@H]3C[C@@H](CC(Cl)(C3)C1)C2. The Bertz CT molecular complexity index is 527. The summed E-state index contributed by atoms with van der Waals surface area (Å²) in [6, 6.07) is 9.79. The average molecular weight is 290 g/mol. The molecule has 4 bridgehead atoms. The van der Waals surface area contributed by atoms with Crippen molar-refractivity contribution in [2.75, 3.05) is 5.32 Å². The first kappa shape index (κ1) is 12.7. The lowest BCUT2D eigenvalue weighted by atomic mass is 9.49. The van der Waals surface area contributed by atoms with Gasteiger partial charge in [0.05, 0.1) is 5.41 Å². The van der Waals surface area contributed by atoms with Crippen molar-refractivity contribution in [2.24, 2.45) is 17.3 Å². The van der Waals surface area contributed by atoms with Crippen molar-refractivity contribution >= 4 is 23.2 Å². The number of hydrogen-bond acceptors (Lipinski definition) is 1. The second-order valence-electron chi connectivity index (χ2n) is 7.21. The molecule has 1 N–H and O–H groups in total. The maximum absolute atomic E-state index is 12.8. The van der Waals surface area contributed by atoms with Gasteiger partial charge in [0.1, 0.15) is 0 Å². The molecule has 4 saturated carbocycles. The van der Waals surface area contributed by atoms with Gasteiger partial charge in [-0.25, -0.2) is 0 Å². The summed E-state index contributed by atoms with van der Waals surface area (Å²) in [5.41, 5.74) is 0.693. The van der Waals surface area contributed by atoms with Crippen LogP contribution in [0.1, 0.15) is 38.5 Å². The number of nitrogens with one attached hydrogen (secondary N) is 1. The van der Waals surface area contributed by atoms with Crippen molar-refractivity contribution in [3.63, 3.8) is 0 Å². The molecule has 4 aliphatic carbocycles. The number of anilines is 1. The molecular formula is C17H20ClNO. The number of rotatable bonds is 2. The molecule has 0 aliphatic heterocycles. The molecule has 0 heterocycles. The minimum Gasteiger partial charge on any atom is -0.326 e. The van der Waals surface area contributed by atoms with Gasteiger partial charge in [-0.2, -0.15) is 0 Å². The summed E-state index contributed by atoms with van der Waals surface area (Å²) in [4.78, 5) is 12.7. The molecule has 106 valence electrons. The van der Waals surface area contributed by atoms with E-state index in [4.69, 9.17) is 11.6 Å². The summed E-state index contributed by atoms with van der Waals surface area (Å²) in [5, 5.41) is 3.12. The van der Waals surface area contributed by atoms with Crippen molar-refractivity contribution in [2.45, 2.75) is 43.4 Å². The highest BCUT2D eigenvalue weighted by molar-refractivity contribution is 6.24. The van der Waals surface area contributed by atoms with Gasteiger partial charge in [-0.1, -0.05) is 18.2 Å². The van der Waals surface area contributed by atoms with Gasteiger partial charge in [-0.05, 0) is 62.5 Å². The summed E-state index contributed by atoms with van der Waals surface area (Å²) in [6.45, 7) is 0. The molecule has 1 aromatic rings. The lowest BCUT2D eigenvalue weighted by molar-refractivity contribution is -0.138. The van der Waals surface area contributed by atoms with Crippen molar-refractivity contribution in [1.82, 2.24) is 0 Å². The fraction of sp³-hybridized carbons (Fsp3) is 0.588. The van der Waals surface area contributed by atoms with Crippen LogP contribution >= 0.6 is 11.6 Å². The second-order valence-corrected chi connectivity index (χ2v) is 8.01. The Labute approximate surface area is 124 Å². The molecule has 0 saturated heterocycles. The summed E-state index contributed by atoms with van der Waals surface area (Å²) >= 11 is 6.79. The number of amides is 1. The number of halogens is 1. The topological polar surface area (TPSA) is 29.1 Å². The van der Waals surface area contributed by atoms with E-state index < -0.39 is 0 Å². The van der Waals surface area contributed by atoms with Gasteiger partial charge in [-0.15, -0.1) is 11.6 Å². The van der Waals surface area contributed by atoms with Gasteiger partial charge in [0.15, 0.2) is 0 Å². The lowest BCUT2D eigenvalue weighted by Crippen LogP contribution is -2.57. The Kier molecular flexibility index (Phi) is 2.69. The molecule has 0 spiro atoms. The normalized spacial score (nSPS) is 41.6. The minimum absolute atomic E-state index is 0.0991. The number of carbonyl (C=O) groups excluding carboxylic acids is 1. The molecule has 3 heteroatoms. The Morgan fingerprint density at radius 2 is 1.75 bits per heavy atom. The van der Waals surface area contributed by atoms with Crippen LogP contribution in [0.4, 0.5) is 5.69 Å². The molecule has 4 fully saturated rings. The van der Waals surface area contributed by atoms with Crippen LogP contribution in [0.3, 0.4) is 0 Å². The van der Waals surface area contributed by atoms with Crippen LogP contribution in [0.5, 0.6) is 0 Å². The van der Waals surface area contributed by atoms with Gasteiger partial charge in [0.2, 0.25) is 5.91 Å². The maximum atomic E-state index is 12.8. The van der Waals surface area contributed by atoms with E-state index in [1.807, 2.05) is 30.3 Å². The predicted molar refractivity (Wildman–Crippen MR) is 80.8 cm³/mol. The fourth-order valence-electron chi connectivity index (χ4n) is 5.20. The van der Waals surface area contributed by atoms with E-state index in [9.17, 15) is 4.79 Å². The zero-order valence-corrected chi connectivity index (χ0v) is 12.3. The van der Waals surface area contributed by atoms with E-state index in [0.717, 1.165) is 37.8 Å². The van der Waals surface area contributed by atoms with E-state index in [-0.39, 0.29) is 16.2 Å². The highest BCUT2D eigenvalue weighted by Gasteiger charge is 2.60. The third kappa shape index (κ3) is 1.96. The predicted octanol–water partition coefficient (Wildman–Crippen LogP) is 4.20. The monoisotopic (exact) mass is 289 g/mol. The van der Waals surface area contributed by atoms with Crippen LogP contribution in [0.25, 0.3) is 0 Å². The van der Waals surface area contributed by atoms with Gasteiger partial charge in [0, 0.05) is 10.6 Å². The molecule has 1 aromatic carbocycles. The van der Waals surface area contributed by atoms with Crippen LogP contribution in [0.2, 0.25) is 0 Å². The van der Waals surface area contributed by atoms with Crippen molar-refractivity contribution < 1.29 is 4.79 Å². The molecule has 4 atom stereocenters. The number of hydrogen-bond donors (Lipinski definition) is 1. The molecule has 4 aliphatic rings. The van der Waals surface area contributed by atoms with Crippen LogP contribution < -0.4 is 5.32 Å². The van der Waals surface area contributed by atoms with Crippen molar-refractivity contribution in [3.05, 3.63) is 30.3 Å². The summed E-state index contributed by atoms with van der Waals surface area (Å²) in [5.74, 6) is 1.52. The minimum atomic E-state index is -0.207. The molecule has 2 unspecified atom stereocenters. The molecular weight excluding hydrogens is 270 g/mol. The fourth-order valence-corrected chi connectivity index (χ4v) is 5.89. The van der Waals surface area contributed by atoms with Crippen molar-refractivity contribution in [3.8, 4) is 0 Å². The molecule has 20 heavy (non-hydrogen) atoms. The largest absolute Gasteiger partial charge is 0.326 e. The summed E-state index contributed by atoms with van der Waals surface area (Å²) in [7, 11) is 0. The van der Waals surface area contributed by atoms with Gasteiger partial charge in [-0.3, -0.25) is 4.79 Å². The maximum Gasteiger partial charge on any atom is 0.230 e. The van der Waals surface area contributed by atoms with Gasteiger partial charge >= 0.3 is 0 Å². The number of para-hydroxylation sites is 1. The third-order valence-corrected chi connectivity index (χ3v) is 5.95. The second kappa shape index (κ2) is 4.24. The highest BCUT2D eigenvalue weighted by Crippen LogP contribution is 2.64. The Hall–Kier alpha value is -1.02. The molecule has 5 rings (SSSR count). The Morgan fingerprint density at radius 3 is 2.35 bits per heavy atom. The van der Waals surface area contributed by atoms with Crippen LogP contribution in [0, 0.1) is 17.3 Å². The smallest absolute Gasteiger partial charge is 0.230 e. The van der Waals surface area contributed by atoms with Crippen LogP contribution in [-0.2, 0) is 4.79 Å². The molecule has 2 nitrogen and oxygen atoms in total. The standard InChI is InChI=1S/C17H20ClNO/c18-17-9-12-6-13(10-17)8-16(7-12,11-17)15(20)19-14-4-2-1-3-5-14/h1-5,12-13H,6-11H2,(H,19,20)/t12-,13+,16?,17?. The number of carbonyl (C=O) groups is 1. The average Bonchev–Trinajstić information content (AvgIpc) is 2.37. The molecule has 1 amide bonds. The first-order valence-corrected chi connectivity index (χ1v) is 8.00. The number of benzene rings is 1. The Morgan fingerprint density at radius 1 is 1.10 bits per heavy atom. The molecule has 0 aromatic heterocycles. The summed E-state index contributed by atoms with van der Waals surface area (Å²) < 4.78 is 0. The number of alkyl halides is 1. The van der Waals surface area contributed by atoms with Crippen molar-refractivity contribution in [1.29, 1.82) is 0 Å². The van der Waals surface area contributed by atoms with Crippen LogP contribution in [-0.4, -0.2) is 10.8 Å². The quantitative estimate of drug-likeness (QED) is 0.812. The molecule has 0 radical (unpaired) electrons. The zero-order chi connectivity index (χ0) is 13.8. The van der Waals surface area contributed by atoms with Crippen LogP contribution in [0.15, 0.2) is 30.3 Å². The highest BCUT2D eigenvalue weighted by atomic mass is 35.5. The van der Waals surface area contributed by atoms with Gasteiger partial charge in [0.25, 0.3) is 0 Å². The van der Waals surface area contributed by atoms with E-state index in [1.165, 1.54) is 6.42 Å². The first-order valence-electron chi connectivity index (χ1n) is 7.62. The lowest BCUT2D eigenvalue weighted by Gasteiger charge is -2.59. The van der Waals surface area contributed by atoms with Gasteiger partial charge < -0.3 is 5.32 Å². The summed E-state index contributed by atoms with van der Waals surface area (Å²) in [6.07, 6.45) is 6.46. The van der Waals surface area contributed by atoms with E-state index >= 15 is 0 Å². The third-order valence-electron chi connectivity index (χ3n) is 5.50. The Balaban J connectivity index is 1.60. The first-order chi connectivity index (χ1) is 9.57. The van der Waals surface area contributed by atoms with E-state index in [0.29, 0.717) is 11.8 Å².